The van der Waals surface area contributed by atoms with E-state index in [-0.39, 0.29) is 5.82 Å². The van der Waals surface area contributed by atoms with Crippen molar-refractivity contribution in [3.63, 3.8) is 0 Å². The van der Waals surface area contributed by atoms with Gasteiger partial charge < -0.3 is 10.1 Å². The van der Waals surface area contributed by atoms with E-state index in [1.807, 2.05) is 6.07 Å². The zero-order valence-electron chi connectivity index (χ0n) is 8.50. The van der Waals surface area contributed by atoms with Crippen molar-refractivity contribution in [3.05, 3.63) is 29.6 Å². The number of nitrogens with one attached hydrogen (secondary N) is 1. The number of hydrogen-bond donors (Lipinski definition) is 1. The van der Waals surface area contributed by atoms with Gasteiger partial charge >= 0.3 is 0 Å². The molecule has 0 amide bonds. The quantitative estimate of drug-likeness (QED) is 0.701. The van der Waals surface area contributed by atoms with Crippen LogP contribution in [0.4, 0.5) is 4.39 Å². The highest BCUT2D eigenvalue weighted by Crippen LogP contribution is 2.39. The van der Waals surface area contributed by atoms with Gasteiger partial charge in [0, 0.05) is 18.0 Å². The molecule has 2 nitrogen and oxygen atoms in total. The molecule has 2 aliphatic heterocycles. The highest BCUT2D eigenvalue weighted by molar-refractivity contribution is 5.39. The van der Waals surface area contributed by atoms with Crippen molar-refractivity contribution in [1.29, 1.82) is 0 Å². The minimum absolute atomic E-state index is 0.117. The van der Waals surface area contributed by atoms with Crippen LogP contribution in [0.5, 0.6) is 5.75 Å². The predicted molar refractivity (Wildman–Crippen MR) is 55.6 cm³/mol. The van der Waals surface area contributed by atoms with Crippen molar-refractivity contribution in [2.45, 2.75) is 12.3 Å². The number of hydrogen-bond acceptors (Lipinski definition) is 2. The summed E-state index contributed by atoms with van der Waals surface area (Å²) in [5.41, 5.74) is 0.782. The second-order valence-corrected chi connectivity index (χ2v) is 4.31. The molecule has 2 heterocycles. The van der Waals surface area contributed by atoms with Crippen LogP contribution in [0, 0.1) is 11.7 Å². The maximum Gasteiger partial charge on any atom is 0.130 e. The lowest BCUT2D eigenvalue weighted by atomic mass is 9.87. The van der Waals surface area contributed by atoms with E-state index in [0.29, 0.717) is 18.4 Å². The number of halogens is 1. The van der Waals surface area contributed by atoms with Crippen molar-refractivity contribution in [3.8, 4) is 5.75 Å². The summed E-state index contributed by atoms with van der Waals surface area (Å²) in [4.78, 5) is 0. The van der Waals surface area contributed by atoms with Gasteiger partial charge in [0.15, 0.2) is 0 Å². The molecule has 0 bridgehead atoms. The summed E-state index contributed by atoms with van der Waals surface area (Å²) in [7, 11) is 0. The summed E-state index contributed by atoms with van der Waals surface area (Å²) in [6, 6.07) is 5.12. The SMILES string of the molecule is Fc1cccc2c1[C@H]1CNCC1CCO2. The molecule has 80 valence electrons. The Bertz CT molecular complexity index is 380. The van der Waals surface area contributed by atoms with Gasteiger partial charge in [0.05, 0.1) is 6.61 Å². The van der Waals surface area contributed by atoms with Crippen LogP contribution < -0.4 is 10.1 Å². The largest absolute Gasteiger partial charge is 0.493 e. The Morgan fingerprint density at radius 1 is 1.33 bits per heavy atom. The van der Waals surface area contributed by atoms with Crippen molar-refractivity contribution in [2.24, 2.45) is 5.92 Å². The fourth-order valence-electron chi connectivity index (χ4n) is 2.70. The number of benzene rings is 1. The second kappa shape index (κ2) is 3.49. The molecule has 2 atom stereocenters. The van der Waals surface area contributed by atoms with Gasteiger partial charge in [-0.05, 0) is 31.0 Å². The molecule has 3 rings (SSSR count). The first-order valence-corrected chi connectivity index (χ1v) is 5.48. The Morgan fingerprint density at radius 2 is 2.27 bits per heavy atom. The highest BCUT2D eigenvalue weighted by Gasteiger charge is 2.34. The maximum atomic E-state index is 13.8. The van der Waals surface area contributed by atoms with E-state index >= 15 is 0 Å². The molecule has 1 fully saturated rings. The Hall–Kier alpha value is -1.09. The van der Waals surface area contributed by atoms with Crippen LogP contribution in [0.1, 0.15) is 17.9 Å². The van der Waals surface area contributed by atoms with Crippen LogP contribution in [0.25, 0.3) is 0 Å². The van der Waals surface area contributed by atoms with Gasteiger partial charge in [-0.3, -0.25) is 0 Å². The summed E-state index contributed by atoms with van der Waals surface area (Å²) < 4.78 is 19.4. The summed E-state index contributed by atoms with van der Waals surface area (Å²) in [6.45, 7) is 2.57. The molecule has 0 aliphatic carbocycles. The number of ether oxygens (including phenoxy) is 1. The summed E-state index contributed by atoms with van der Waals surface area (Å²) in [6.07, 6.45) is 1.02. The Labute approximate surface area is 88.4 Å². The minimum Gasteiger partial charge on any atom is -0.493 e. The maximum absolute atomic E-state index is 13.8. The first-order valence-electron chi connectivity index (χ1n) is 5.48. The monoisotopic (exact) mass is 207 g/mol. The van der Waals surface area contributed by atoms with Crippen molar-refractivity contribution in [1.82, 2.24) is 5.32 Å². The summed E-state index contributed by atoms with van der Waals surface area (Å²) in [5, 5.41) is 3.34. The third kappa shape index (κ3) is 1.42. The fraction of sp³-hybridized carbons (Fsp3) is 0.500. The third-order valence-corrected chi connectivity index (χ3v) is 3.47. The molecule has 1 aromatic carbocycles. The lowest BCUT2D eigenvalue weighted by molar-refractivity contribution is 0.296. The molecular formula is C12H14FNO. The summed E-state index contributed by atoms with van der Waals surface area (Å²) in [5.74, 6) is 1.45. The van der Waals surface area contributed by atoms with E-state index < -0.39 is 0 Å². The van der Waals surface area contributed by atoms with Gasteiger partial charge in [-0.2, -0.15) is 0 Å². The van der Waals surface area contributed by atoms with Gasteiger partial charge in [-0.1, -0.05) is 6.07 Å². The van der Waals surface area contributed by atoms with Crippen LogP contribution in [-0.2, 0) is 0 Å². The molecule has 1 aromatic rings. The van der Waals surface area contributed by atoms with Crippen molar-refractivity contribution in [2.75, 3.05) is 19.7 Å². The second-order valence-electron chi connectivity index (χ2n) is 4.31. The molecule has 1 saturated heterocycles. The van der Waals surface area contributed by atoms with Crippen LogP contribution >= 0.6 is 0 Å². The van der Waals surface area contributed by atoms with Gasteiger partial charge in [0.2, 0.25) is 0 Å². The number of fused-ring (bicyclic) bond motifs is 3. The fourth-order valence-corrected chi connectivity index (χ4v) is 2.70. The van der Waals surface area contributed by atoms with E-state index in [9.17, 15) is 4.39 Å². The van der Waals surface area contributed by atoms with Gasteiger partial charge in [0.1, 0.15) is 11.6 Å². The van der Waals surface area contributed by atoms with E-state index in [2.05, 4.69) is 5.32 Å². The molecule has 15 heavy (non-hydrogen) atoms. The van der Waals surface area contributed by atoms with Crippen LogP contribution in [0.3, 0.4) is 0 Å². The standard InChI is InChI=1S/C12H14FNO/c13-10-2-1-3-11-12(10)9-7-14-6-8(9)4-5-15-11/h1-3,8-9,14H,4-7H2/t8?,9-/m0/s1. The lowest BCUT2D eigenvalue weighted by Crippen LogP contribution is -2.11. The Kier molecular flexibility index (Phi) is 2.13. The average Bonchev–Trinajstić information content (AvgIpc) is 2.60. The van der Waals surface area contributed by atoms with Crippen molar-refractivity contribution >= 4 is 0 Å². The lowest BCUT2D eigenvalue weighted by Gasteiger charge is -2.16. The molecule has 0 saturated carbocycles. The zero-order chi connectivity index (χ0) is 10.3. The molecule has 0 radical (unpaired) electrons. The predicted octanol–water partition coefficient (Wildman–Crippen LogP) is 1.91. The van der Waals surface area contributed by atoms with Gasteiger partial charge in [0.25, 0.3) is 0 Å². The third-order valence-electron chi connectivity index (χ3n) is 3.47. The first-order chi connectivity index (χ1) is 7.36. The number of rotatable bonds is 0. The van der Waals surface area contributed by atoms with E-state index in [0.717, 1.165) is 30.8 Å². The van der Waals surface area contributed by atoms with Gasteiger partial charge in [-0.15, -0.1) is 0 Å². The molecular weight excluding hydrogens is 193 g/mol. The van der Waals surface area contributed by atoms with E-state index in [1.165, 1.54) is 6.07 Å². The molecule has 0 aromatic heterocycles. The molecule has 1 N–H and O–H groups in total. The highest BCUT2D eigenvalue weighted by atomic mass is 19.1. The molecule has 1 unspecified atom stereocenters. The molecule has 0 spiro atoms. The normalized spacial score (nSPS) is 28.9. The molecule has 3 heteroatoms. The average molecular weight is 207 g/mol. The van der Waals surface area contributed by atoms with Crippen LogP contribution in [-0.4, -0.2) is 19.7 Å². The Balaban J connectivity index is 2.10. The Morgan fingerprint density at radius 3 is 3.20 bits per heavy atom. The molecule has 2 aliphatic rings. The summed E-state index contributed by atoms with van der Waals surface area (Å²) >= 11 is 0. The van der Waals surface area contributed by atoms with Crippen molar-refractivity contribution < 1.29 is 9.13 Å². The first kappa shape index (κ1) is 9.16. The minimum atomic E-state index is -0.117. The smallest absolute Gasteiger partial charge is 0.130 e. The zero-order valence-corrected chi connectivity index (χ0v) is 8.50. The van der Waals surface area contributed by atoms with E-state index in [1.54, 1.807) is 6.07 Å². The van der Waals surface area contributed by atoms with Crippen LogP contribution in [0.2, 0.25) is 0 Å². The van der Waals surface area contributed by atoms with Crippen LogP contribution in [0.15, 0.2) is 18.2 Å². The topological polar surface area (TPSA) is 21.3 Å². The van der Waals surface area contributed by atoms with E-state index in [4.69, 9.17) is 4.74 Å². The van der Waals surface area contributed by atoms with Gasteiger partial charge in [-0.25, -0.2) is 4.39 Å².